The van der Waals surface area contributed by atoms with Gasteiger partial charge in [0.05, 0.1) is 11.9 Å². The molecule has 0 bridgehead atoms. The first-order chi connectivity index (χ1) is 3.41. The molecule has 0 spiro atoms. The van der Waals surface area contributed by atoms with Gasteiger partial charge >= 0.3 is 0 Å². The monoisotopic (exact) mass is 137 g/mol. The summed E-state index contributed by atoms with van der Waals surface area (Å²) in [5.41, 5.74) is 0. The van der Waals surface area contributed by atoms with Crippen LogP contribution in [0.15, 0.2) is 0 Å². The van der Waals surface area contributed by atoms with Crippen molar-refractivity contribution in [1.29, 1.82) is 0 Å². The summed E-state index contributed by atoms with van der Waals surface area (Å²) < 4.78 is 6.47. The Morgan fingerprint density at radius 3 is 1.57 bits per heavy atom. The van der Waals surface area contributed by atoms with E-state index in [1.807, 2.05) is 0 Å². The summed E-state index contributed by atoms with van der Waals surface area (Å²) >= 11 is 4.45. The van der Waals surface area contributed by atoms with Gasteiger partial charge in [0.1, 0.15) is 0 Å². The van der Waals surface area contributed by atoms with Gasteiger partial charge in [-0.3, -0.25) is 4.66 Å². The van der Waals surface area contributed by atoms with E-state index in [0.29, 0.717) is 0 Å². The highest BCUT2D eigenvalue weighted by atomic mass is 35.5. The number of hydrogen-bond donors (Lipinski definition) is 1. The molecular weight excluding hydrogens is 126 g/mol. The Bertz CT molecular complexity index is 19.2. The summed E-state index contributed by atoms with van der Waals surface area (Å²) in [5.74, 6) is 0. The average molecular weight is 138 g/mol. The minimum atomic E-state index is 0.815. The number of halogens is 1. The smallest absolute Gasteiger partial charge is 0.198 e. The predicted molar refractivity (Wildman–Crippen MR) is 34.8 cm³/mol. The van der Waals surface area contributed by atoms with E-state index in [-0.39, 0.29) is 0 Å². The van der Waals surface area contributed by atoms with Gasteiger partial charge < -0.3 is 0 Å². The van der Waals surface area contributed by atoms with Crippen LogP contribution in [0.4, 0.5) is 0 Å². The van der Waals surface area contributed by atoms with Gasteiger partial charge in [-0.15, -0.1) is 10.6 Å². The zero-order valence-electron chi connectivity index (χ0n) is 4.82. The van der Waals surface area contributed by atoms with Gasteiger partial charge in [-0.05, 0) is 0 Å². The van der Waals surface area contributed by atoms with Crippen LogP contribution >= 0.6 is 11.9 Å². The molecule has 0 aromatic heterocycles. The molecule has 0 aliphatic heterocycles. The van der Waals surface area contributed by atoms with E-state index in [9.17, 15) is 0 Å². The van der Waals surface area contributed by atoms with Gasteiger partial charge in [0.25, 0.3) is 0 Å². The molecule has 3 heteroatoms. The summed E-state index contributed by atoms with van der Waals surface area (Å²) in [6.45, 7) is 4.50. The molecule has 43 valence electrons. The molecule has 0 aliphatic rings. The maximum Gasteiger partial charge on any atom is 0.198 e. The lowest BCUT2D eigenvalue weighted by Gasteiger charge is -1.74. The fraction of sp³-hybridized carbons (Fsp3) is 1.00. The normalized spacial score (nSPS) is 6.29. The topological polar surface area (TPSA) is 20.2 Å². The SMILES string of the molecule is C[CH2][Al][CH2]C.OCl. The van der Waals surface area contributed by atoms with Crippen molar-refractivity contribution in [2.75, 3.05) is 0 Å². The Morgan fingerprint density at radius 1 is 1.29 bits per heavy atom. The highest BCUT2D eigenvalue weighted by molar-refractivity contribution is 6.34. The third-order valence-corrected chi connectivity index (χ3v) is 1.73. The molecule has 0 aromatic rings. The Balaban J connectivity index is 0. The first-order valence-corrected chi connectivity index (χ1v) is 4.37. The lowest BCUT2D eigenvalue weighted by atomic mass is 10.9. The molecule has 0 saturated carbocycles. The third-order valence-electron chi connectivity index (χ3n) is 0.577. The van der Waals surface area contributed by atoms with Crippen molar-refractivity contribution in [3.63, 3.8) is 0 Å². The van der Waals surface area contributed by atoms with E-state index in [4.69, 9.17) is 4.66 Å². The number of hydrogen-bond acceptors (Lipinski definition) is 1. The molecule has 0 aromatic carbocycles. The Morgan fingerprint density at radius 2 is 1.57 bits per heavy atom. The van der Waals surface area contributed by atoms with Gasteiger partial charge in [0.2, 0.25) is 0 Å². The minimum absolute atomic E-state index is 0.815. The third kappa shape index (κ3) is 20.0. The van der Waals surface area contributed by atoms with Crippen LogP contribution in [-0.4, -0.2) is 19.9 Å². The molecule has 1 nitrogen and oxygen atoms in total. The second-order valence-corrected chi connectivity index (χ2v) is 3.32. The molecular formula is C4H11AlClO. The van der Waals surface area contributed by atoms with Crippen LogP contribution in [-0.2, 0) is 0 Å². The molecule has 1 N–H and O–H groups in total. The summed E-state index contributed by atoms with van der Waals surface area (Å²) in [6, 6.07) is 0. The van der Waals surface area contributed by atoms with Crippen molar-refractivity contribution in [2.24, 2.45) is 0 Å². The number of rotatable bonds is 2. The van der Waals surface area contributed by atoms with Crippen LogP contribution < -0.4 is 0 Å². The van der Waals surface area contributed by atoms with Crippen molar-refractivity contribution in [3.05, 3.63) is 0 Å². The molecule has 7 heavy (non-hydrogen) atoms. The molecule has 0 amide bonds. The molecule has 0 saturated heterocycles. The highest BCUT2D eigenvalue weighted by Crippen LogP contribution is 1.77. The lowest BCUT2D eigenvalue weighted by Crippen LogP contribution is -1.76. The first-order valence-electron chi connectivity index (χ1n) is 2.40. The quantitative estimate of drug-likeness (QED) is 0.575. The molecule has 0 heterocycles. The first kappa shape index (κ1) is 10.7. The Hall–Kier alpha value is 0.782. The minimum Gasteiger partial charge on any atom is -0.295 e. The highest BCUT2D eigenvalue weighted by Gasteiger charge is 1.74. The second kappa shape index (κ2) is 15.9. The van der Waals surface area contributed by atoms with E-state index in [0.717, 1.165) is 15.2 Å². The maximum absolute atomic E-state index is 6.47. The van der Waals surface area contributed by atoms with Crippen molar-refractivity contribution in [3.8, 4) is 0 Å². The van der Waals surface area contributed by atoms with Crippen LogP contribution in [0.5, 0.6) is 0 Å². The Labute approximate surface area is 56.6 Å². The van der Waals surface area contributed by atoms with Crippen LogP contribution in [0.1, 0.15) is 13.8 Å². The summed E-state index contributed by atoms with van der Waals surface area (Å²) in [4.78, 5) is 0. The van der Waals surface area contributed by atoms with E-state index in [1.54, 1.807) is 0 Å². The van der Waals surface area contributed by atoms with Gasteiger partial charge in [-0.25, -0.2) is 0 Å². The summed E-state index contributed by atoms with van der Waals surface area (Å²) in [7, 11) is 0. The van der Waals surface area contributed by atoms with Crippen molar-refractivity contribution >= 4 is 27.1 Å². The lowest BCUT2D eigenvalue weighted by molar-refractivity contribution is 0.632. The summed E-state index contributed by atoms with van der Waals surface area (Å²) in [6.07, 6.45) is 0. The molecule has 0 rings (SSSR count). The average Bonchev–Trinajstić information content (AvgIpc) is 1.75. The largest absolute Gasteiger partial charge is 0.295 e. The van der Waals surface area contributed by atoms with E-state index >= 15 is 0 Å². The van der Waals surface area contributed by atoms with Crippen LogP contribution in [0.3, 0.4) is 0 Å². The van der Waals surface area contributed by atoms with Crippen LogP contribution in [0.2, 0.25) is 10.6 Å². The molecule has 1 radical (unpaired) electrons. The zero-order chi connectivity index (χ0) is 6.12. The van der Waals surface area contributed by atoms with Gasteiger partial charge in [0.15, 0.2) is 15.2 Å². The van der Waals surface area contributed by atoms with E-state index < -0.39 is 0 Å². The predicted octanol–water partition coefficient (Wildman–Crippen LogP) is 1.70. The molecule has 0 fully saturated rings. The fourth-order valence-corrected chi connectivity index (χ4v) is 0.866. The maximum atomic E-state index is 6.47. The molecule has 0 atom stereocenters. The van der Waals surface area contributed by atoms with E-state index in [2.05, 4.69) is 25.7 Å². The summed E-state index contributed by atoms with van der Waals surface area (Å²) in [5, 5.41) is 2.85. The van der Waals surface area contributed by atoms with Crippen molar-refractivity contribution in [2.45, 2.75) is 24.4 Å². The second-order valence-electron chi connectivity index (χ2n) is 1.11. The fourth-order valence-electron chi connectivity index (χ4n) is 0.289. The van der Waals surface area contributed by atoms with Gasteiger partial charge in [0, 0.05) is 0 Å². The van der Waals surface area contributed by atoms with Crippen molar-refractivity contribution < 1.29 is 4.66 Å². The van der Waals surface area contributed by atoms with Crippen LogP contribution in [0, 0.1) is 0 Å². The Kier molecular flexibility index (Phi) is 24.2. The molecule has 0 unspecified atom stereocenters. The molecule has 0 aliphatic carbocycles. The van der Waals surface area contributed by atoms with Crippen molar-refractivity contribution in [1.82, 2.24) is 0 Å². The standard InChI is InChI=1S/2C2H5.Al.ClHO/c2*1-2;;1-2/h2*1H2,2H3;;2H. The van der Waals surface area contributed by atoms with Gasteiger partial charge in [-0.2, -0.15) is 0 Å². The van der Waals surface area contributed by atoms with E-state index in [1.165, 1.54) is 10.6 Å². The van der Waals surface area contributed by atoms with Gasteiger partial charge in [-0.1, -0.05) is 13.8 Å². The van der Waals surface area contributed by atoms with Crippen LogP contribution in [0.25, 0.3) is 0 Å². The zero-order valence-corrected chi connectivity index (χ0v) is 6.73.